The van der Waals surface area contributed by atoms with Crippen LogP contribution in [0.4, 0.5) is 8.78 Å². The first kappa shape index (κ1) is 17.9. The van der Waals surface area contributed by atoms with Gasteiger partial charge in [0.2, 0.25) is 0 Å². The molecule has 1 aromatic heterocycles. The van der Waals surface area contributed by atoms with Gasteiger partial charge in [-0.1, -0.05) is 29.0 Å². The predicted octanol–water partition coefficient (Wildman–Crippen LogP) is 4.57. The van der Waals surface area contributed by atoms with Crippen LogP contribution in [0.15, 0.2) is 36.4 Å². The highest BCUT2D eigenvalue weighted by Crippen LogP contribution is 2.32. The fourth-order valence-corrected chi connectivity index (χ4v) is 4.19. The zero-order chi connectivity index (χ0) is 19.0. The summed E-state index contributed by atoms with van der Waals surface area (Å²) in [4.78, 5) is 18.6. The molecule has 7 heteroatoms. The lowest BCUT2D eigenvalue weighted by atomic mass is 10.1. The number of hydrogen-bond donors (Lipinski definition) is 0. The van der Waals surface area contributed by atoms with Gasteiger partial charge in [-0.15, -0.1) is 0 Å². The number of carbonyl (C=O) groups is 1. The number of nitrogens with zero attached hydrogens (tertiary/aromatic N) is 2. The highest BCUT2D eigenvalue weighted by Gasteiger charge is 2.25. The van der Waals surface area contributed by atoms with Crippen molar-refractivity contribution in [2.24, 2.45) is 0 Å². The molecule has 4 nitrogen and oxygen atoms in total. The first-order valence-electron chi connectivity index (χ1n) is 8.78. The molecule has 4 rings (SSSR count). The minimum atomic E-state index is -0.685. The first-order valence-corrected chi connectivity index (χ1v) is 9.59. The summed E-state index contributed by atoms with van der Waals surface area (Å²) in [7, 11) is 0. The Kier molecular flexibility index (Phi) is 4.78. The molecule has 0 atom stereocenters. The molecule has 2 heterocycles. The number of halogens is 2. The first-order chi connectivity index (χ1) is 13.0. The molecule has 1 amide bonds. The zero-order valence-electron chi connectivity index (χ0n) is 14.7. The summed E-state index contributed by atoms with van der Waals surface area (Å²) in [6.07, 6.45) is 1.24. The summed E-state index contributed by atoms with van der Waals surface area (Å²) < 4.78 is 33.4. The number of amides is 1. The minimum Gasteiger partial charge on any atom is -0.467 e. The fourth-order valence-electron chi connectivity index (χ4n) is 3.27. The lowest BCUT2D eigenvalue weighted by Crippen LogP contribution is -2.41. The van der Waals surface area contributed by atoms with Gasteiger partial charge in [0.05, 0.1) is 4.70 Å². The van der Waals surface area contributed by atoms with Gasteiger partial charge in [-0.2, -0.15) is 4.98 Å². The fraction of sp³-hybridized carbons (Fsp3) is 0.300. The van der Waals surface area contributed by atoms with Gasteiger partial charge in [0.25, 0.3) is 11.1 Å². The van der Waals surface area contributed by atoms with Gasteiger partial charge in [0, 0.05) is 37.6 Å². The van der Waals surface area contributed by atoms with Crippen LogP contribution in [0.5, 0.6) is 5.19 Å². The highest BCUT2D eigenvalue weighted by atomic mass is 32.1. The number of piperidine rings is 1. The number of aromatic nitrogens is 1. The highest BCUT2D eigenvalue weighted by molar-refractivity contribution is 7.20. The third-order valence-corrected chi connectivity index (χ3v) is 5.55. The van der Waals surface area contributed by atoms with Crippen LogP contribution in [0.3, 0.4) is 0 Å². The average Bonchev–Trinajstić information content (AvgIpc) is 3.04. The second-order valence-corrected chi connectivity index (χ2v) is 7.69. The van der Waals surface area contributed by atoms with Crippen LogP contribution in [0.1, 0.15) is 28.8 Å². The quantitative estimate of drug-likeness (QED) is 0.660. The Labute approximate surface area is 159 Å². The van der Waals surface area contributed by atoms with E-state index >= 15 is 0 Å². The normalized spacial score (nSPS) is 15.3. The Morgan fingerprint density at radius 2 is 2.00 bits per heavy atom. The molecule has 0 saturated carbocycles. The Bertz CT molecular complexity index is 997. The second-order valence-electron chi connectivity index (χ2n) is 6.69. The molecule has 0 aliphatic carbocycles. The standard InChI is InChI=1S/C20H18F2N2O2S/c1-12-3-2-4-13(9-12)19(25)24-7-5-15(6-8-24)26-20-23-18-16(22)10-14(21)11-17(18)27-20/h2-4,9-11,15H,5-8H2,1H3. The van der Waals surface area contributed by atoms with Gasteiger partial charge in [-0.05, 0) is 25.1 Å². The molecule has 2 aromatic carbocycles. The largest absolute Gasteiger partial charge is 0.467 e. The lowest BCUT2D eigenvalue weighted by molar-refractivity contribution is 0.0595. The van der Waals surface area contributed by atoms with Gasteiger partial charge >= 0.3 is 0 Å². The van der Waals surface area contributed by atoms with Gasteiger partial charge in [0.1, 0.15) is 17.4 Å². The monoisotopic (exact) mass is 388 g/mol. The number of likely N-dealkylation sites (tertiary alicyclic amines) is 1. The van der Waals surface area contributed by atoms with Crippen LogP contribution >= 0.6 is 11.3 Å². The number of carbonyl (C=O) groups excluding carboxylic acids is 1. The van der Waals surface area contributed by atoms with Crippen LogP contribution in [0.2, 0.25) is 0 Å². The number of benzene rings is 2. The molecule has 27 heavy (non-hydrogen) atoms. The van der Waals surface area contributed by atoms with Crippen molar-refractivity contribution < 1.29 is 18.3 Å². The molecule has 0 N–H and O–H groups in total. The Balaban J connectivity index is 1.40. The third kappa shape index (κ3) is 3.78. The summed E-state index contributed by atoms with van der Waals surface area (Å²) >= 11 is 1.13. The predicted molar refractivity (Wildman–Crippen MR) is 100 cm³/mol. The van der Waals surface area contributed by atoms with Crippen molar-refractivity contribution in [2.45, 2.75) is 25.9 Å². The summed E-state index contributed by atoms with van der Waals surface area (Å²) in [6.45, 7) is 3.14. The third-order valence-electron chi connectivity index (χ3n) is 4.66. The summed E-state index contributed by atoms with van der Waals surface area (Å²) in [6, 6.07) is 9.64. The molecular weight excluding hydrogens is 370 g/mol. The van der Waals surface area contributed by atoms with Crippen LogP contribution in [-0.4, -0.2) is 35.0 Å². The van der Waals surface area contributed by atoms with Gasteiger partial charge in [-0.3, -0.25) is 4.79 Å². The zero-order valence-corrected chi connectivity index (χ0v) is 15.6. The number of ether oxygens (including phenoxy) is 1. The Hall–Kier alpha value is -2.54. The Morgan fingerprint density at radius 3 is 2.74 bits per heavy atom. The molecular formula is C20H18F2N2O2S. The van der Waals surface area contributed by atoms with E-state index in [0.29, 0.717) is 41.4 Å². The number of aryl methyl sites for hydroxylation is 1. The molecule has 0 unspecified atom stereocenters. The van der Waals surface area contributed by atoms with Crippen LogP contribution in [0, 0.1) is 18.6 Å². The van der Waals surface area contributed by atoms with Gasteiger partial charge < -0.3 is 9.64 Å². The van der Waals surface area contributed by atoms with E-state index in [1.165, 1.54) is 6.07 Å². The van der Waals surface area contributed by atoms with Crippen LogP contribution in [-0.2, 0) is 0 Å². The van der Waals surface area contributed by atoms with E-state index in [-0.39, 0.29) is 17.5 Å². The maximum Gasteiger partial charge on any atom is 0.274 e. The molecule has 1 aliphatic rings. The van der Waals surface area contributed by atoms with E-state index in [1.807, 2.05) is 36.1 Å². The topological polar surface area (TPSA) is 42.4 Å². The van der Waals surface area contributed by atoms with Crippen molar-refractivity contribution in [3.63, 3.8) is 0 Å². The Morgan fingerprint density at radius 1 is 1.22 bits per heavy atom. The van der Waals surface area contributed by atoms with E-state index in [9.17, 15) is 13.6 Å². The van der Waals surface area contributed by atoms with Crippen molar-refractivity contribution >= 4 is 27.5 Å². The van der Waals surface area contributed by atoms with Gasteiger partial charge in [-0.25, -0.2) is 8.78 Å². The molecule has 3 aromatic rings. The smallest absolute Gasteiger partial charge is 0.274 e. The number of fused-ring (bicyclic) bond motifs is 1. The number of thiazole rings is 1. The number of hydrogen-bond acceptors (Lipinski definition) is 4. The maximum absolute atomic E-state index is 13.8. The van der Waals surface area contributed by atoms with Crippen molar-refractivity contribution in [1.29, 1.82) is 0 Å². The second kappa shape index (κ2) is 7.23. The number of rotatable bonds is 3. The molecule has 0 radical (unpaired) electrons. The van der Waals surface area contributed by atoms with Crippen LogP contribution in [0.25, 0.3) is 10.2 Å². The van der Waals surface area contributed by atoms with E-state index < -0.39 is 11.6 Å². The molecule has 0 bridgehead atoms. The molecule has 1 aliphatic heterocycles. The summed E-state index contributed by atoms with van der Waals surface area (Å²) in [5.74, 6) is -1.29. The minimum absolute atomic E-state index is 0.0229. The van der Waals surface area contributed by atoms with E-state index in [2.05, 4.69) is 4.98 Å². The van der Waals surface area contributed by atoms with Crippen molar-refractivity contribution in [2.75, 3.05) is 13.1 Å². The average molecular weight is 388 g/mol. The van der Waals surface area contributed by atoms with E-state index in [0.717, 1.165) is 23.0 Å². The van der Waals surface area contributed by atoms with Crippen molar-refractivity contribution in [1.82, 2.24) is 9.88 Å². The molecule has 1 fully saturated rings. The van der Waals surface area contributed by atoms with Gasteiger partial charge in [0.15, 0.2) is 5.82 Å². The van der Waals surface area contributed by atoms with Crippen molar-refractivity contribution in [3.05, 3.63) is 59.2 Å². The summed E-state index contributed by atoms with van der Waals surface area (Å²) in [5.41, 5.74) is 1.88. The van der Waals surface area contributed by atoms with E-state index in [1.54, 1.807) is 0 Å². The maximum atomic E-state index is 13.8. The molecule has 0 spiro atoms. The van der Waals surface area contributed by atoms with Crippen molar-refractivity contribution in [3.8, 4) is 5.19 Å². The lowest BCUT2D eigenvalue weighted by Gasteiger charge is -2.31. The molecule has 1 saturated heterocycles. The molecule has 140 valence electrons. The van der Waals surface area contributed by atoms with Crippen LogP contribution < -0.4 is 4.74 Å². The van der Waals surface area contributed by atoms with E-state index in [4.69, 9.17) is 4.74 Å². The SMILES string of the molecule is Cc1cccc(C(=O)N2CCC(Oc3nc4c(F)cc(F)cc4s3)CC2)c1. The summed E-state index contributed by atoms with van der Waals surface area (Å²) in [5, 5.41) is 0.331.